The molecular weight excluding hydrogens is 300 g/mol. The highest BCUT2D eigenvalue weighted by atomic mass is 16.2. The molecule has 0 saturated heterocycles. The second-order valence-corrected chi connectivity index (χ2v) is 6.30. The number of amides is 1. The average Bonchev–Trinajstić information content (AvgIpc) is 2.60. The number of nitrogens with one attached hydrogen (secondary N) is 2. The summed E-state index contributed by atoms with van der Waals surface area (Å²) < 4.78 is 0. The minimum absolute atomic E-state index is 0.116. The van der Waals surface area contributed by atoms with Crippen molar-refractivity contribution in [3.05, 3.63) is 70.0 Å². The number of aromatic nitrogens is 1. The van der Waals surface area contributed by atoms with E-state index in [1.165, 1.54) is 24.0 Å². The van der Waals surface area contributed by atoms with Crippen molar-refractivity contribution in [2.45, 2.75) is 38.6 Å². The van der Waals surface area contributed by atoms with Crippen molar-refractivity contribution in [1.82, 2.24) is 10.3 Å². The topological polar surface area (TPSA) is 62.0 Å². The van der Waals surface area contributed by atoms with E-state index in [1.807, 2.05) is 6.07 Å². The minimum Gasteiger partial charge on any atom is -0.346 e. The SMILES string of the molecule is C=C[C@H](C)NC(=O)c1ccc(-c2ccc3c(c2)CCCC3)[nH]c1=O. The molecule has 4 heteroatoms. The maximum absolute atomic E-state index is 12.3. The highest BCUT2D eigenvalue weighted by Gasteiger charge is 2.14. The van der Waals surface area contributed by atoms with Crippen LogP contribution in [0.3, 0.4) is 0 Å². The van der Waals surface area contributed by atoms with Crippen LogP contribution in [-0.4, -0.2) is 16.9 Å². The molecule has 0 spiro atoms. The molecule has 1 aromatic heterocycles. The Labute approximate surface area is 141 Å². The van der Waals surface area contributed by atoms with E-state index in [0.29, 0.717) is 0 Å². The third-order valence-corrected chi connectivity index (χ3v) is 4.53. The molecule has 0 aliphatic heterocycles. The van der Waals surface area contributed by atoms with E-state index in [2.05, 4.69) is 29.0 Å². The van der Waals surface area contributed by atoms with Gasteiger partial charge in [0, 0.05) is 11.7 Å². The Hall–Kier alpha value is -2.62. The first-order valence-electron chi connectivity index (χ1n) is 8.37. The monoisotopic (exact) mass is 322 g/mol. The molecule has 0 unspecified atom stereocenters. The van der Waals surface area contributed by atoms with Gasteiger partial charge in [-0.2, -0.15) is 0 Å². The molecule has 2 aromatic rings. The van der Waals surface area contributed by atoms with Gasteiger partial charge in [0.15, 0.2) is 0 Å². The number of benzene rings is 1. The Kier molecular flexibility index (Phi) is 4.65. The third-order valence-electron chi connectivity index (χ3n) is 4.53. The Bertz CT molecular complexity index is 836. The minimum atomic E-state index is -0.388. The molecule has 0 saturated carbocycles. The summed E-state index contributed by atoms with van der Waals surface area (Å²) in [6.07, 6.45) is 6.30. The summed E-state index contributed by atoms with van der Waals surface area (Å²) in [7, 11) is 0. The molecule has 1 aliphatic rings. The number of pyridine rings is 1. The summed E-state index contributed by atoms with van der Waals surface area (Å²) in [5, 5.41) is 2.71. The number of carbonyl (C=O) groups is 1. The van der Waals surface area contributed by atoms with E-state index < -0.39 is 0 Å². The average molecular weight is 322 g/mol. The van der Waals surface area contributed by atoms with Crippen LogP contribution in [-0.2, 0) is 12.8 Å². The second kappa shape index (κ2) is 6.87. The molecule has 1 aromatic carbocycles. The molecule has 0 fully saturated rings. The maximum Gasteiger partial charge on any atom is 0.261 e. The fraction of sp³-hybridized carbons (Fsp3) is 0.300. The molecule has 4 nitrogen and oxygen atoms in total. The molecule has 1 amide bonds. The van der Waals surface area contributed by atoms with Gasteiger partial charge in [0.05, 0.1) is 0 Å². The Balaban J connectivity index is 1.88. The Morgan fingerprint density at radius 1 is 1.21 bits per heavy atom. The smallest absolute Gasteiger partial charge is 0.261 e. The highest BCUT2D eigenvalue weighted by molar-refractivity contribution is 5.94. The zero-order valence-corrected chi connectivity index (χ0v) is 13.9. The van der Waals surface area contributed by atoms with E-state index >= 15 is 0 Å². The van der Waals surface area contributed by atoms with Crippen molar-refractivity contribution < 1.29 is 4.79 Å². The number of aryl methyl sites for hydroxylation is 2. The summed E-state index contributed by atoms with van der Waals surface area (Å²) in [4.78, 5) is 27.2. The lowest BCUT2D eigenvalue weighted by atomic mass is 9.90. The summed E-state index contributed by atoms with van der Waals surface area (Å²) in [5.41, 5.74) is 4.23. The molecule has 1 aliphatic carbocycles. The molecule has 1 heterocycles. The van der Waals surface area contributed by atoms with Gasteiger partial charge in [0.2, 0.25) is 0 Å². The first-order chi connectivity index (χ1) is 11.6. The van der Waals surface area contributed by atoms with Gasteiger partial charge in [0.25, 0.3) is 11.5 Å². The number of aromatic amines is 1. The normalized spacial score (nSPS) is 14.5. The first kappa shape index (κ1) is 16.2. The fourth-order valence-electron chi connectivity index (χ4n) is 3.07. The van der Waals surface area contributed by atoms with Crippen LogP contribution < -0.4 is 10.9 Å². The van der Waals surface area contributed by atoms with Gasteiger partial charge in [0.1, 0.15) is 5.56 Å². The van der Waals surface area contributed by atoms with E-state index in [0.717, 1.165) is 24.1 Å². The second-order valence-electron chi connectivity index (χ2n) is 6.30. The zero-order chi connectivity index (χ0) is 17.1. The summed E-state index contributed by atoms with van der Waals surface area (Å²) in [6, 6.07) is 9.53. The largest absolute Gasteiger partial charge is 0.346 e. The molecular formula is C20H22N2O2. The van der Waals surface area contributed by atoms with Crippen LogP contribution >= 0.6 is 0 Å². The summed E-state index contributed by atoms with van der Waals surface area (Å²) in [5.74, 6) is -0.388. The van der Waals surface area contributed by atoms with Gasteiger partial charge >= 0.3 is 0 Å². The van der Waals surface area contributed by atoms with Crippen molar-refractivity contribution in [2.24, 2.45) is 0 Å². The van der Waals surface area contributed by atoms with E-state index in [-0.39, 0.29) is 23.1 Å². The van der Waals surface area contributed by atoms with Crippen LogP contribution in [0.1, 0.15) is 41.3 Å². The number of hydrogen-bond acceptors (Lipinski definition) is 2. The number of H-pyrrole nitrogens is 1. The van der Waals surface area contributed by atoms with Crippen LogP contribution in [0, 0.1) is 0 Å². The fourth-order valence-corrected chi connectivity index (χ4v) is 3.07. The zero-order valence-electron chi connectivity index (χ0n) is 13.9. The number of carbonyl (C=O) groups excluding carboxylic acids is 1. The van der Waals surface area contributed by atoms with Crippen LogP contribution in [0.5, 0.6) is 0 Å². The lowest BCUT2D eigenvalue weighted by Crippen LogP contribution is -2.34. The van der Waals surface area contributed by atoms with E-state index in [4.69, 9.17) is 0 Å². The van der Waals surface area contributed by atoms with Crippen LogP contribution in [0.2, 0.25) is 0 Å². The molecule has 0 radical (unpaired) electrons. The van der Waals surface area contributed by atoms with Gasteiger partial charge < -0.3 is 10.3 Å². The van der Waals surface area contributed by atoms with Crippen molar-refractivity contribution >= 4 is 5.91 Å². The first-order valence-corrected chi connectivity index (χ1v) is 8.37. The van der Waals surface area contributed by atoms with Crippen molar-refractivity contribution in [2.75, 3.05) is 0 Å². The standard InChI is InChI=1S/C20H22N2O2/c1-3-13(2)21-19(23)17-10-11-18(22-20(17)24)16-9-8-14-6-4-5-7-15(14)12-16/h3,8-13H,1,4-7H2,2H3,(H,21,23)(H,22,24)/t13-/m0/s1. The molecule has 1 atom stereocenters. The highest BCUT2D eigenvalue weighted by Crippen LogP contribution is 2.26. The lowest BCUT2D eigenvalue weighted by molar-refractivity contribution is 0.0945. The van der Waals surface area contributed by atoms with Crippen LogP contribution in [0.4, 0.5) is 0 Å². The number of rotatable bonds is 4. The third kappa shape index (κ3) is 3.32. The van der Waals surface area contributed by atoms with Gasteiger partial charge in [-0.25, -0.2) is 0 Å². The molecule has 3 rings (SSSR count). The van der Waals surface area contributed by atoms with Crippen molar-refractivity contribution in [3.8, 4) is 11.3 Å². The van der Waals surface area contributed by atoms with Crippen molar-refractivity contribution in [3.63, 3.8) is 0 Å². The quantitative estimate of drug-likeness (QED) is 0.849. The Morgan fingerprint density at radius 2 is 1.96 bits per heavy atom. The van der Waals surface area contributed by atoms with Gasteiger partial charge in [-0.1, -0.05) is 18.2 Å². The molecule has 0 bridgehead atoms. The van der Waals surface area contributed by atoms with Gasteiger partial charge in [-0.3, -0.25) is 9.59 Å². The van der Waals surface area contributed by atoms with Gasteiger partial charge in [-0.05, 0) is 67.5 Å². The molecule has 24 heavy (non-hydrogen) atoms. The lowest BCUT2D eigenvalue weighted by Gasteiger charge is -2.16. The molecule has 124 valence electrons. The van der Waals surface area contributed by atoms with E-state index in [9.17, 15) is 9.59 Å². The predicted molar refractivity (Wildman–Crippen MR) is 96.3 cm³/mol. The van der Waals surface area contributed by atoms with Crippen LogP contribution in [0.15, 0.2) is 47.8 Å². The number of hydrogen-bond donors (Lipinski definition) is 2. The summed E-state index contributed by atoms with van der Waals surface area (Å²) >= 11 is 0. The summed E-state index contributed by atoms with van der Waals surface area (Å²) in [6.45, 7) is 5.42. The number of fused-ring (bicyclic) bond motifs is 1. The van der Waals surface area contributed by atoms with Crippen molar-refractivity contribution in [1.29, 1.82) is 0 Å². The predicted octanol–water partition coefficient (Wildman–Crippen LogP) is 3.23. The molecule has 2 N–H and O–H groups in total. The Morgan fingerprint density at radius 3 is 2.67 bits per heavy atom. The van der Waals surface area contributed by atoms with Crippen LogP contribution in [0.25, 0.3) is 11.3 Å². The maximum atomic E-state index is 12.3. The van der Waals surface area contributed by atoms with E-state index in [1.54, 1.807) is 25.1 Å². The van der Waals surface area contributed by atoms with Gasteiger partial charge in [-0.15, -0.1) is 6.58 Å².